The Kier molecular flexibility index (Phi) is 5.10. The van der Waals surface area contributed by atoms with Crippen molar-refractivity contribution < 1.29 is 27.9 Å². The summed E-state index contributed by atoms with van der Waals surface area (Å²) >= 11 is 1.30. The molecule has 3 aromatic rings. The molecule has 1 aliphatic rings. The summed E-state index contributed by atoms with van der Waals surface area (Å²) in [4.78, 5) is 25.1. The largest absolute Gasteiger partial charge is 0.437 e. The molecule has 2 amide bonds. The maximum atomic E-state index is 13.8. The van der Waals surface area contributed by atoms with Gasteiger partial charge in [0, 0.05) is 11.8 Å². The Hall–Kier alpha value is -3.18. The van der Waals surface area contributed by atoms with Gasteiger partial charge in [0.15, 0.2) is 0 Å². The van der Waals surface area contributed by atoms with Crippen LogP contribution in [-0.2, 0) is 4.79 Å². The summed E-state index contributed by atoms with van der Waals surface area (Å²) in [6.45, 7) is 0.944. The van der Waals surface area contributed by atoms with Gasteiger partial charge in [-0.05, 0) is 30.5 Å². The van der Waals surface area contributed by atoms with Crippen molar-refractivity contribution in [3.8, 4) is 16.3 Å². The third kappa shape index (κ3) is 3.59. The van der Waals surface area contributed by atoms with E-state index < -0.39 is 35.7 Å². The summed E-state index contributed by atoms with van der Waals surface area (Å²) in [7, 11) is 0. The van der Waals surface area contributed by atoms with Crippen molar-refractivity contribution in [3.63, 3.8) is 0 Å². The van der Waals surface area contributed by atoms with Gasteiger partial charge in [-0.25, -0.2) is 9.48 Å². The maximum absolute atomic E-state index is 13.8. The Balaban J connectivity index is 1.91. The number of alkyl halides is 3. The molecule has 1 aliphatic heterocycles. The minimum atomic E-state index is -5.28. The molecule has 1 fully saturated rings. The molecule has 0 bridgehead atoms. The third-order valence-electron chi connectivity index (χ3n) is 5.10. The number of para-hydroxylation sites is 1. The number of carbonyl (C=O) groups excluding carboxylic acids is 2. The zero-order valence-corrected chi connectivity index (χ0v) is 16.9. The van der Waals surface area contributed by atoms with E-state index in [-0.39, 0.29) is 5.56 Å². The maximum Gasteiger partial charge on any atom is 0.437 e. The predicted molar refractivity (Wildman–Crippen MR) is 106 cm³/mol. The average molecular weight is 450 g/mol. The van der Waals surface area contributed by atoms with Gasteiger partial charge in [0.1, 0.15) is 11.5 Å². The lowest BCUT2D eigenvalue weighted by Gasteiger charge is -2.44. The van der Waals surface area contributed by atoms with Crippen molar-refractivity contribution in [1.29, 1.82) is 0 Å². The number of nitrogens with zero attached hydrogens (tertiary/aromatic N) is 2. The van der Waals surface area contributed by atoms with E-state index in [1.54, 1.807) is 47.8 Å². The summed E-state index contributed by atoms with van der Waals surface area (Å²) in [6, 6.07) is 9.63. The Labute approximate surface area is 178 Å². The van der Waals surface area contributed by atoms with Gasteiger partial charge in [0.05, 0.1) is 22.5 Å². The highest BCUT2D eigenvalue weighted by Crippen LogP contribution is 2.45. The number of benzene rings is 1. The lowest BCUT2D eigenvalue weighted by atomic mass is 9.79. The lowest BCUT2D eigenvalue weighted by molar-refractivity contribution is -0.290. The molecule has 3 heterocycles. The van der Waals surface area contributed by atoms with Crippen LogP contribution in [0.3, 0.4) is 0 Å². The van der Waals surface area contributed by atoms with Crippen LogP contribution in [0.4, 0.5) is 18.0 Å². The Morgan fingerprint density at radius 1 is 1.23 bits per heavy atom. The van der Waals surface area contributed by atoms with Crippen LogP contribution in [0.2, 0.25) is 0 Å². The average Bonchev–Trinajstić information content (AvgIpc) is 3.36. The zero-order chi connectivity index (χ0) is 22.4. The van der Waals surface area contributed by atoms with E-state index in [1.807, 2.05) is 0 Å². The van der Waals surface area contributed by atoms with E-state index in [2.05, 4.69) is 10.4 Å². The summed E-state index contributed by atoms with van der Waals surface area (Å²) in [5.41, 5.74) is -2.60. The second kappa shape index (κ2) is 7.50. The van der Waals surface area contributed by atoms with Crippen LogP contribution in [0.5, 0.6) is 0 Å². The third-order valence-corrected chi connectivity index (χ3v) is 5.97. The Morgan fingerprint density at radius 3 is 2.52 bits per heavy atom. The Morgan fingerprint density at radius 2 is 1.94 bits per heavy atom. The predicted octanol–water partition coefficient (Wildman–Crippen LogP) is 3.41. The van der Waals surface area contributed by atoms with Crippen LogP contribution in [0.1, 0.15) is 18.5 Å². The fraction of sp³-hybridized carbons (Fsp3) is 0.250. The van der Waals surface area contributed by atoms with Gasteiger partial charge in [-0.1, -0.05) is 24.3 Å². The second-order valence-electron chi connectivity index (χ2n) is 7.12. The van der Waals surface area contributed by atoms with Crippen molar-refractivity contribution in [2.45, 2.75) is 24.9 Å². The molecule has 0 radical (unpaired) electrons. The molecule has 3 atom stereocenters. The van der Waals surface area contributed by atoms with Gasteiger partial charge < -0.3 is 15.7 Å². The molecule has 0 aliphatic carbocycles. The van der Waals surface area contributed by atoms with Crippen molar-refractivity contribution in [2.75, 3.05) is 0 Å². The number of rotatable bonds is 4. The number of carbonyl (C=O) groups is 2. The standard InChI is InChI=1S/C20H17F3N4O3S/c1-11(28)15-17(24-18(29)25-19(15,30)20(21,22)23)13-10-27(12-6-3-2-4-7-12)26-16(13)14-8-5-9-31-14/h2-10,15,17,30H,1H3,(H2,24,25,29)/t15-,17+,19+/m1/s1. The smallest absolute Gasteiger partial charge is 0.363 e. The van der Waals surface area contributed by atoms with Crippen molar-refractivity contribution >= 4 is 23.2 Å². The highest BCUT2D eigenvalue weighted by atomic mass is 32.1. The van der Waals surface area contributed by atoms with E-state index in [1.165, 1.54) is 27.5 Å². The molecule has 11 heteroatoms. The van der Waals surface area contributed by atoms with E-state index in [0.29, 0.717) is 16.3 Å². The lowest BCUT2D eigenvalue weighted by Crippen LogP contribution is -2.72. The molecule has 0 saturated carbocycles. The normalized spacial score (nSPS) is 23.8. The summed E-state index contributed by atoms with van der Waals surface area (Å²) in [6.07, 6.45) is -3.81. The van der Waals surface area contributed by atoms with Crippen LogP contribution < -0.4 is 10.6 Å². The SMILES string of the molecule is CC(=O)[C@@H]1[C@H](c2cn(-c3ccccc3)nc2-c2cccs2)NC(=O)N[C@@]1(O)C(F)(F)F. The van der Waals surface area contributed by atoms with E-state index in [4.69, 9.17) is 0 Å². The highest BCUT2D eigenvalue weighted by Gasteiger charge is 2.66. The molecule has 3 N–H and O–H groups in total. The molecule has 2 aromatic heterocycles. The highest BCUT2D eigenvalue weighted by molar-refractivity contribution is 7.13. The van der Waals surface area contributed by atoms with Gasteiger partial charge in [0.25, 0.3) is 0 Å². The fourth-order valence-electron chi connectivity index (χ4n) is 3.72. The van der Waals surface area contributed by atoms with Crippen molar-refractivity contribution in [3.05, 3.63) is 59.6 Å². The van der Waals surface area contributed by atoms with Gasteiger partial charge in [-0.3, -0.25) is 4.79 Å². The molecule has 4 rings (SSSR count). The van der Waals surface area contributed by atoms with Crippen molar-refractivity contribution in [2.24, 2.45) is 5.92 Å². The monoisotopic (exact) mass is 450 g/mol. The van der Waals surface area contributed by atoms with Crippen LogP contribution in [-0.4, -0.2) is 38.6 Å². The van der Waals surface area contributed by atoms with E-state index in [9.17, 15) is 27.9 Å². The quantitative estimate of drug-likeness (QED) is 0.568. The van der Waals surface area contributed by atoms with Crippen LogP contribution >= 0.6 is 11.3 Å². The molecule has 1 saturated heterocycles. The van der Waals surface area contributed by atoms with Crippen LogP contribution in [0, 0.1) is 5.92 Å². The molecule has 7 nitrogen and oxygen atoms in total. The van der Waals surface area contributed by atoms with Gasteiger partial charge >= 0.3 is 12.2 Å². The first-order valence-electron chi connectivity index (χ1n) is 9.19. The zero-order valence-electron chi connectivity index (χ0n) is 16.1. The molecule has 31 heavy (non-hydrogen) atoms. The summed E-state index contributed by atoms with van der Waals surface area (Å²) in [5.74, 6) is -2.97. The minimum Gasteiger partial charge on any atom is -0.363 e. The summed E-state index contributed by atoms with van der Waals surface area (Å²) < 4.78 is 42.8. The number of nitrogens with one attached hydrogen (secondary N) is 2. The topological polar surface area (TPSA) is 96.2 Å². The number of hydrogen-bond donors (Lipinski definition) is 3. The first-order chi connectivity index (χ1) is 14.6. The molecular weight excluding hydrogens is 433 g/mol. The van der Waals surface area contributed by atoms with Crippen LogP contribution in [0.15, 0.2) is 54.0 Å². The van der Waals surface area contributed by atoms with E-state index >= 15 is 0 Å². The fourth-order valence-corrected chi connectivity index (χ4v) is 4.45. The van der Waals surface area contributed by atoms with Gasteiger partial charge in [-0.2, -0.15) is 18.3 Å². The number of Topliss-reactive ketones (excluding diaryl/α,β-unsaturated/α-hetero) is 1. The number of aliphatic hydroxyl groups is 1. The summed E-state index contributed by atoms with van der Waals surface area (Å²) in [5, 5.41) is 20.6. The van der Waals surface area contributed by atoms with Crippen LogP contribution in [0.25, 0.3) is 16.3 Å². The molecule has 1 aromatic carbocycles. The molecule has 0 spiro atoms. The number of thiophene rings is 1. The first kappa shape index (κ1) is 21.1. The van der Waals surface area contributed by atoms with E-state index in [0.717, 1.165) is 6.92 Å². The second-order valence-corrected chi connectivity index (χ2v) is 8.07. The minimum absolute atomic E-state index is 0.184. The number of aromatic nitrogens is 2. The van der Waals surface area contributed by atoms with Crippen molar-refractivity contribution in [1.82, 2.24) is 20.4 Å². The van der Waals surface area contributed by atoms with Gasteiger partial charge in [0.2, 0.25) is 5.72 Å². The number of urea groups is 1. The Bertz CT molecular complexity index is 1110. The van der Waals surface area contributed by atoms with Gasteiger partial charge in [-0.15, -0.1) is 11.3 Å². The first-order valence-corrected chi connectivity index (χ1v) is 10.1. The molecule has 162 valence electrons. The molecule has 0 unspecified atom stereocenters. The number of hydrogen-bond acceptors (Lipinski definition) is 5. The molecular formula is C20H17F3N4O3S. The number of halogens is 3. The number of ketones is 1. The number of amides is 2.